The van der Waals surface area contributed by atoms with Gasteiger partial charge in [-0.3, -0.25) is 14.5 Å². The summed E-state index contributed by atoms with van der Waals surface area (Å²) < 4.78 is 16.9. The van der Waals surface area contributed by atoms with E-state index in [4.69, 9.17) is 14.2 Å². The van der Waals surface area contributed by atoms with Crippen molar-refractivity contribution in [1.82, 2.24) is 0 Å². The Bertz CT molecular complexity index is 1490. The van der Waals surface area contributed by atoms with Crippen LogP contribution in [0.25, 0.3) is 0 Å². The van der Waals surface area contributed by atoms with Crippen LogP contribution in [0.5, 0.6) is 17.2 Å². The lowest BCUT2D eigenvalue weighted by Gasteiger charge is -2.35. The van der Waals surface area contributed by atoms with Crippen molar-refractivity contribution in [3.8, 4) is 17.2 Å². The van der Waals surface area contributed by atoms with Gasteiger partial charge in [-0.15, -0.1) is 0 Å². The van der Waals surface area contributed by atoms with Gasteiger partial charge in [0.1, 0.15) is 0 Å². The highest BCUT2D eigenvalue weighted by Crippen LogP contribution is 2.50. The third-order valence-electron chi connectivity index (χ3n) is 8.08. The van der Waals surface area contributed by atoms with E-state index >= 15 is 0 Å². The molecule has 214 valence electrons. The molecule has 2 aliphatic rings. The summed E-state index contributed by atoms with van der Waals surface area (Å²) in [5.74, 6) is 1.19. The number of benzene rings is 3. The molecule has 7 heteroatoms. The number of allylic oxidation sites excluding steroid dienone is 1. The van der Waals surface area contributed by atoms with Gasteiger partial charge in [-0.1, -0.05) is 57.2 Å². The maximum atomic E-state index is 14.2. The van der Waals surface area contributed by atoms with Gasteiger partial charge in [0.15, 0.2) is 17.3 Å². The lowest BCUT2D eigenvalue weighted by atomic mass is 9.77. The quantitative estimate of drug-likeness (QED) is 0.369. The fourth-order valence-corrected chi connectivity index (χ4v) is 6.00. The van der Waals surface area contributed by atoms with E-state index in [1.54, 1.807) is 26.2 Å². The molecule has 0 aromatic heterocycles. The van der Waals surface area contributed by atoms with Crippen LogP contribution in [0.4, 0.5) is 11.4 Å². The zero-order chi connectivity index (χ0) is 29.5. The second kappa shape index (κ2) is 11.0. The summed E-state index contributed by atoms with van der Waals surface area (Å²) in [5.41, 5.74) is 6.01. The van der Waals surface area contributed by atoms with Gasteiger partial charge in [0.05, 0.1) is 38.7 Å². The van der Waals surface area contributed by atoms with E-state index < -0.39 is 6.04 Å². The molecule has 1 aliphatic carbocycles. The number of rotatable bonds is 5. The Balaban J connectivity index is 1.69. The zero-order valence-electron chi connectivity index (χ0n) is 24.8. The average molecular weight is 555 g/mol. The fraction of sp³-hybridized carbons (Fsp3) is 0.353. The summed E-state index contributed by atoms with van der Waals surface area (Å²) in [6, 6.07) is 19.2. The molecule has 0 radical (unpaired) electrons. The predicted octanol–water partition coefficient (Wildman–Crippen LogP) is 6.93. The molecule has 0 saturated heterocycles. The van der Waals surface area contributed by atoms with Crippen molar-refractivity contribution in [3.63, 3.8) is 0 Å². The number of fused-ring (bicyclic) bond motifs is 1. The minimum absolute atomic E-state index is 0.00135. The summed E-state index contributed by atoms with van der Waals surface area (Å²) in [5, 5.41) is 3.57. The van der Waals surface area contributed by atoms with Crippen LogP contribution in [0.15, 0.2) is 71.9 Å². The summed E-state index contributed by atoms with van der Waals surface area (Å²) in [6.07, 6.45) is 0.981. The van der Waals surface area contributed by atoms with Crippen molar-refractivity contribution in [2.24, 2.45) is 0 Å². The summed E-state index contributed by atoms with van der Waals surface area (Å²) in [4.78, 5) is 29.3. The average Bonchev–Trinajstić information content (AvgIpc) is 3.10. The van der Waals surface area contributed by atoms with Gasteiger partial charge in [0.2, 0.25) is 11.7 Å². The molecule has 0 fully saturated rings. The topological polar surface area (TPSA) is 77.1 Å². The van der Waals surface area contributed by atoms with E-state index in [1.807, 2.05) is 36.4 Å². The molecular weight excluding hydrogens is 516 g/mol. The first-order valence-electron chi connectivity index (χ1n) is 13.9. The van der Waals surface area contributed by atoms with Crippen molar-refractivity contribution >= 4 is 23.1 Å². The number of nitrogens with zero attached hydrogens (tertiary/aromatic N) is 1. The Morgan fingerprint density at radius 1 is 0.878 bits per heavy atom. The van der Waals surface area contributed by atoms with Crippen molar-refractivity contribution in [1.29, 1.82) is 0 Å². The Morgan fingerprint density at radius 3 is 2.07 bits per heavy atom. The van der Waals surface area contributed by atoms with E-state index in [0.29, 0.717) is 46.9 Å². The van der Waals surface area contributed by atoms with Crippen LogP contribution in [0, 0.1) is 0 Å². The first kappa shape index (κ1) is 28.3. The highest BCUT2D eigenvalue weighted by molar-refractivity contribution is 6.06. The number of Topliss-reactive ketones (excluding diaryl/α,β-unsaturated/α-hetero) is 1. The lowest BCUT2D eigenvalue weighted by molar-refractivity contribution is -0.117. The molecule has 3 aromatic carbocycles. The molecule has 5 rings (SSSR count). The van der Waals surface area contributed by atoms with Gasteiger partial charge in [-0.2, -0.15) is 0 Å². The van der Waals surface area contributed by atoms with Crippen LogP contribution in [0.2, 0.25) is 0 Å². The first-order valence-corrected chi connectivity index (χ1v) is 13.9. The number of carbonyl (C=O) groups excluding carboxylic acids is 2. The lowest BCUT2D eigenvalue weighted by Crippen LogP contribution is -2.37. The Hall–Kier alpha value is -4.26. The first-order chi connectivity index (χ1) is 19.6. The van der Waals surface area contributed by atoms with E-state index in [9.17, 15) is 9.59 Å². The predicted molar refractivity (Wildman–Crippen MR) is 161 cm³/mol. The molecule has 1 amide bonds. The van der Waals surface area contributed by atoms with Crippen LogP contribution >= 0.6 is 0 Å². The largest absolute Gasteiger partial charge is 0.493 e. The number of methoxy groups -OCH3 is 3. The van der Waals surface area contributed by atoms with Gasteiger partial charge in [-0.25, -0.2) is 0 Å². The van der Waals surface area contributed by atoms with E-state index in [-0.39, 0.29) is 23.0 Å². The maximum Gasteiger partial charge on any atom is 0.224 e. The molecule has 2 atom stereocenters. The zero-order valence-corrected chi connectivity index (χ0v) is 24.8. The monoisotopic (exact) mass is 554 g/mol. The standard InChI is InChI=1S/C34H38N2O5/c1-20(37)36-27-11-9-8-10-25(27)35-26-16-22(21-12-14-24(15-13-21)34(2,3)4)17-28(38)31(26)32(36)23-18-29(39-5)33(41-7)30(19-23)40-6/h8-15,18-19,22,32,35H,16-17H2,1-7H3. The molecule has 3 aromatic rings. The van der Waals surface area contributed by atoms with Crippen molar-refractivity contribution in [2.45, 2.75) is 57.9 Å². The normalized spacial score (nSPS) is 18.6. The Kier molecular flexibility index (Phi) is 7.56. The molecule has 1 N–H and O–H groups in total. The number of anilines is 2. The van der Waals surface area contributed by atoms with E-state index in [1.165, 1.54) is 12.5 Å². The SMILES string of the molecule is COc1cc(C2C3=C(CC(c4ccc(C(C)(C)C)cc4)CC3=O)Nc3ccccc3N2C(C)=O)cc(OC)c1OC. The number of ether oxygens (including phenoxy) is 3. The van der Waals surface area contributed by atoms with Crippen LogP contribution in [-0.4, -0.2) is 33.0 Å². The minimum Gasteiger partial charge on any atom is -0.493 e. The molecule has 1 heterocycles. The molecule has 2 unspecified atom stereocenters. The molecule has 0 saturated carbocycles. The Morgan fingerprint density at radius 2 is 1.51 bits per heavy atom. The molecule has 0 bridgehead atoms. The van der Waals surface area contributed by atoms with Crippen molar-refractivity contribution in [2.75, 3.05) is 31.5 Å². The second-order valence-corrected chi connectivity index (χ2v) is 11.7. The summed E-state index contributed by atoms with van der Waals surface area (Å²) in [6.45, 7) is 8.11. The molecule has 41 heavy (non-hydrogen) atoms. The smallest absolute Gasteiger partial charge is 0.224 e. The number of para-hydroxylation sites is 2. The Labute approximate surface area is 242 Å². The number of ketones is 1. The third kappa shape index (κ3) is 5.17. The van der Waals surface area contributed by atoms with Gasteiger partial charge >= 0.3 is 0 Å². The molecule has 7 nitrogen and oxygen atoms in total. The van der Waals surface area contributed by atoms with E-state index in [0.717, 1.165) is 16.9 Å². The second-order valence-electron chi connectivity index (χ2n) is 11.7. The number of hydrogen-bond acceptors (Lipinski definition) is 6. The van der Waals surface area contributed by atoms with Gasteiger partial charge < -0.3 is 19.5 Å². The summed E-state index contributed by atoms with van der Waals surface area (Å²) >= 11 is 0. The molecule has 1 aliphatic heterocycles. The van der Waals surface area contributed by atoms with Crippen molar-refractivity contribution in [3.05, 3.63) is 88.6 Å². The number of carbonyl (C=O) groups is 2. The highest BCUT2D eigenvalue weighted by atomic mass is 16.5. The molecular formula is C34H38N2O5. The third-order valence-corrected chi connectivity index (χ3v) is 8.08. The van der Waals surface area contributed by atoms with Gasteiger partial charge in [0, 0.05) is 24.6 Å². The minimum atomic E-state index is -0.691. The van der Waals surface area contributed by atoms with Crippen LogP contribution in [-0.2, 0) is 15.0 Å². The molecule has 0 spiro atoms. The van der Waals surface area contributed by atoms with Gasteiger partial charge in [-0.05, 0) is 58.7 Å². The number of amides is 1. The van der Waals surface area contributed by atoms with Crippen LogP contribution < -0.4 is 24.4 Å². The maximum absolute atomic E-state index is 14.2. The van der Waals surface area contributed by atoms with E-state index in [2.05, 4.69) is 50.4 Å². The highest BCUT2D eigenvalue weighted by Gasteiger charge is 2.41. The van der Waals surface area contributed by atoms with Crippen molar-refractivity contribution < 1.29 is 23.8 Å². The number of nitrogens with one attached hydrogen (secondary N) is 1. The van der Waals surface area contributed by atoms with Crippen LogP contribution in [0.3, 0.4) is 0 Å². The fourth-order valence-electron chi connectivity index (χ4n) is 6.00. The summed E-state index contributed by atoms with van der Waals surface area (Å²) in [7, 11) is 4.66. The van der Waals surface area contributed by atoms with Gasteiger partial charge in [0.25, 0.3) is 0 Å². The van der Waals surface area contributed by atoms with Crippen LogP contribution in [0.1, 0.15) is 69.2 Å². The number of hydrogen-bond donors (Lipinski definition) is 1.